The van der Waals surface area contributed by atoms with Crippen LogP contribution in [0.25, 0.3) is 11.2 Å². The van der Waals surface area contributed by atoms with E-state index >= 15 is 0 Å². The van der Waals surface area contributed by atoms with Gasteiger partial charge >= 0.3 is 0 Å². The number of nitrogens with two attached hydrogens (primary N) is 1. The molecule has 1 aliphatic rings. The van der Waals surface area contributed by atoms with E-state index in [0.29, 0.717) is 11.2 Å². The van der Waals surface area contributed by atoms with Crippen LogP contribution >= 0.6 is 0 Å². The predicted molar refractivity (Wildman–Crippen MR) is 68.8 cm³/mol. The maximum absolute atomic E-state index is 10.1. The Hall–Kier alpha value is -1.85. The van der Waals surface area contributed by atoms with E-state index in [1.165, 1.54) is 17.2 Å². The number of aliphatic hydroxyl groups is 4. The molecule has 1 fully saturated rings. The van der Waals surface area contributed by atoms with Crippen LogP contribution in [0.4, 0.5) is 5.82 Å². The second kappa shape index (κ2) is 4.86. The van der Waals surface area contributed by atoms with E-state index in [9.17, 15) is 20.4 Å². The van der Waals surface area contributed by atoms with E-state index in [-0.39, 0.29) is 5.82 Å². The van der Waals surface area contributed by atoms with Crippen molar-refractivity contribution in [3.05, 3.63) is 12.7 Å². The molecule has 10 nitrogen and oxygen atoms in total. The van der Waals surface area contributed by atoms with E-state index in [1.807, 2.05) is 0 Å². The summed E-state index contributed by atoms with van der Waals surface area (Å²) in [5.41, 5.74) is 4.66. The molecule has 2 aromatic heterocycles. The first-order valence-electron chi connectivity index (χ1n) is 6.23. The zero-order valence-electron chi connectivity index (χ0n) is 10.9. The summed E-state index contributed by atoms with van der Waals surface area (Å²) in [6, 6.07) is 0. The van der Waals surface area contributed by atoms with Crippen molar-refractivity contribution in [2.24, 2.45) is 0 Å². The molecule has 0 radical (unpaired) electrons. The molecule has 0 bridgehead atoms. The first kappa shape index (κ1) is 14.1. The van der Waals surface area contributed by atoms with Crippen LogP contribution in [0.5, 0.6) is 0 Å². The third-order valence-corrected chi connectivity index (χ3v) is 3.71. The molecule has 0 aromatic carbocycles. The van der Waals surface area contributed by atoms with Gasteiger partial charge in [0, 0.05) is 0 Å². The summed E-state index contributed by atoms with van der Waals surface area (Å²) in [7, 11) is 0. The zero-order chi connectivity index (χ0) is 15.2. The van der Waals surface area contributed by atoms with E-state index in [2.05, 4.69) is 15.0 Å². The van der Waals surface area contributed by atoms with Crippen LogP contribution in [0.15, 0.2) is 12.7 Å². The van der Waals surface area contributed by atoms with Crippen LogP contribution in [0.1, 0.15) is 6.23 Å². The van der Waals surface area contributed by atoms with Crippen molar-refractivity contribution in [3.63, 3.8) is 0 Å². The number of rotatable bonds is 3. The Morgan fingerprint density at radius 3 is 2.57 bits per heavy atom. The Kier molecular flexibility index (Phi) is 3.26. The molecule has 1 saturated heterocycles. The largest absolute Gasteiger partial charge is 0.393 e. The number of aliphatic hydroxyl groups excluding tert-OH is 4. The minimum absolute atomic E-state index is 0.169. The van der Waals surface area contributed by atoms with Crippen molar-refractivity contribution < 1.29 is 25.2 Å². The number of hydrogen-bond donors (Lipinski definition) is 5. The molecule has 1 aliphatic heterocycles. The normalized spacial score (nSPS) is 28.3. The molecule has 114 valence electrons. The van der Waals surface area contributed by atoms with Crippen LogP contribution in [-0.2, 0) is 4.74 Å². The van der Waals surface area contributed by atoms with E-state index in [0.717, 1.165) is 0 Å². The summed E-state index contributed by atoms with van der Waals surface area (Å²) in [6.45, 7) is -1.30. The maximum atomic E-state index is 10.1. The van der Waals surface area contributed by atoms with Gasteiger partial charge in [0.05, 0.1) is 19.5 Å². The first-order chi connectivity index (χ1) is 10.0. The van der Waals surface area contributed by atoms with Gasteiger partial charge in [-0.1, -0.05) is 0 Å². The smallest absolute Gasteiger partial charge is 0.167 e. The third kappa shape index (κ3) is 1.88. The number of hydrogen-bond acceptors (Lipinski definition) is 9. The fourth-order valence-electron chi connectivity index (χ4n) is 2.44. The minimum Gasteiger partial charge on any atom is -0.393 e. The van der Waals surface area contributed by atoms with E-state index in [4.69, 9.17) is 10.5 Å². The van der Waals surface area contributed by atoms with E-state index in [1.54, 1.807) is 0 Å². The van der Waals surface area contributed by atoms with Crippen molar-refractivity contribution in [2.45, 2.75) is 24.0 Å². The second-order valence-electron chi connectivity index (χ2n) is 4.91. The van der Waals surface area contributed by atoms with Gasteiger partial charge in [0.2, 0.25) is 0 Å². The lowest BCUT2D eigenvalue weighted by Crippen LogP contribution is -2.49. The number of fused-ring (bicyclic) bond motifs is 1. The summed E-state index contributed by atoms with van der Waals surface area (Å²) in [5.74, 6) is 0.169. The Morgan fingerprint density at radius 1 is 1.24 bits per heavy atom. The molecule has 0 amide bonds. The zero-order valence-corrected chi connectivity index (χ0v) is 10.9. The Bertz CT molecular complexity index is 657. The van der Waals surface area contributed by atoms with Crippen molar-refractivity contribution in [1.29, 1.82) is 0 Å². The summed E-state index contributed by atoms with van der Waals surface area (Å²) >= 11 is 0. The molecular weight excluding hydrogens is 282 g/mol. The van der Waals surface area contributed by atoms with E-state index < -0.39 is 37.3 Å². The van der Waals surface area contributed by atoms with Crippen molar-refractivity contribution in [1.82, 2.24) is 19.5 Å². The first-order valence-corrected chi connectivity index (χ1v) is 6.23. The van der Waals surface area contributed by atoms with Gasteiger partial charge in [0.1, 0.15) is 29.7 Å². The monoisotopic (exact) mass is 297 g/mol. The summed E-state index contributed by atoms with van der Waals surface area (Å²) in [6.07, 6.45) is -1.34. The molecule has 6 N–H and O–H groups in total. The molecule has 0 spiro atoms. The average molecular weight is 297 g/mol. The standard InChI is InChI=1S/C11H15N5O5/c12-8-5-9(14-3-13-8)16(4-15-5)10-6(19)7(20)11(1-17,2-18)21-10/h3-4,6-7,10,17-20H,1-2H2,(H2,12,13,14)/t6-,7-,10-/m1/s1. The lowest BCUT2D eigenvalue weighted by Gasteiger charge is -2.27. The highest BCUT2D eigenvalue weighted by molar-refractivity contribution is 5.81. The summed E-state index contributed by atoms with van der Waals surface area (Å²) in [5, 5.41) is 38.9. The molecular formula is C11H15N5O5. The molecule has 0 aliphatic carbocycles. The molecule has 3 heterocycles. The van der Waals surface area contributed by atoms with Gasteiger partial charge in [-0.05, 0) is 0 Å². The Morgan fingerprint density at radius 2 is 1.95 bits per heavy atom. The number of anilines is 1. The summed E-state index contributed by atoms with van der Waals surface area (Å²) in [4.78, 5) is 11.9. The quantitative estimate of drug-likeness (QED) is 0.408. The van der Waals surface area contributed by atoms with Gasteiger partial charge in [-0.25, -0.2) is 15.0 Å². The number of aromatic nitrogens is 4. The highest BCUT2D eigenvalue weighted by Crippen LogP contribution is 2.38. The lowest BCUT2D eigenvalue weighted by atomic mass is 9.97. The average Bonchev–Trinajstić information content (AvgIpc) is 3.02. The van der Waals surface area contributed by atoms with Crippen molar-refractivity contribution in [3.8, 4) is 0 Å². The van der Waals surface area contributed by atoms with Gasteiger partial charge in [-0.15, -0.1) is 0 Å². The van der Waals surface area contributed by atoms with Gasteiger partial charge in [-0.2, -0.15) is 0 Å². The van der Waals surface area contributed by atoms with Crippen LogP contribution in [-0.4, -0.2) is 71.0 Å². The Balaban J connectivity index is 2.06. The molecule has 2 aromatic rings. The second-order valence-corrected chi connectivity index (χ2v) is 4.91. The molecule has 21 heavy (non-hydrogen) atoms. The van der Waals surface area contributed by atoms with Crippen LogP contribution in [0, 0.1) is 0 Å². The third-order valence-electron chi connectivity index (χ3n) is 3.71. The SMILES string of the molecule is Nc1ncnc2c1ncn2[C@@H]1OC(CO)(CO)[C@H](O)[C@H]1O. The number of ether oxygens (including phenoxy) is 1. The highest BCUT2D eigenvalue weighted by Gasteiger charge is 2.54. The molecule has 0 saturated carbocycles. The van der Waals surface area contributed by atoms with Crippen molar-refractivity contribution in [2.75, 3.05) is 18.9 Å². The highest BCUT2D eigenvalue weighted by atomic mass is 16.6. The number of nitrogens with zero attached hydrogens (tertiary/aromatic N) is 4. The van der Waals surface area contributed by atoms with Gasteiger partial charge in [0.25, 0.3) is 0 Å². The predicted octanol–water partition coefficient (Wildman–Crippen LogP) is -2.62. The van der Waals surface area contributed by atoms with Crippen LogP contribution < -0.4 is 5.73 Å². The lowest BCUT2D eigenvalue weighted by molar-refractivity contribution is -0.149. The van der Waals surface area contributed by atoms with Gasteiger partial charge < -0.3 is 30.9 Å². The van der Waals surface area contributed by atoms with Crippen LogP contribution in [0.2, 0.25) is 0 Å². The molecule has 10 heteroatoms. The van der Waals surface area contributed by atoms with Crippen LogP contribution in [0.3, 0.4) is 0 Å². The molecule has 3 atom stereocenters. The number of imidazole rings is 1. The molecule has 0 unspecified atom stereocenters. The fourth-order valence-corrected chi connectivity index (χ4v) is 2.44. The van der Waals surface area contributed by atoms with Gasteiger partial charge in [0.15, 0.2) is 17.7 Å². The Labute approximate surface area is 118 Å². The number of nitrogen functional groups attached to an aromatic ring is 1. The maximum Gasteiger partial charge on any atom is 0.167 e. The minimum atomic E-state index is -1.65. The summed E-state index contributed by atoms with van der Waals surface area (Å²) < 4.78 is 6.86. The van der Waals surface area contributed by atoms with Gasteiger partial charge in [-0.3, -0.25) is 4.57 Å². The fraction of sp³-hybridized carbons (Fsp3) is 0.545. The topological polar surface area (TPSA) is 160 Å². The van der Waals surface area contributed by atoms with Crippen molar-refractivity contribution >= 4 is 17.0 Å². The molecule has 3 rings (SSSR count).